The predicted octanol–water partition coefficient (Wildman–Crippen LogP) is 4.99. The van der Waals surface area contributed by atoms with E-state index in [9.17, 15) is 0 Å². The van der Waals surface area contributed by atoms with Gasteiger partial charge in [-0.05, 0) is 36.6 Å². The molecule has 0 atom stereocenters. The van der Waals surface area contributed by atoms with E-state index in [0.717, 1.165) is 17.1 Å². The second kappa shape index (κ2) is 4.65. The number of rotatable bonds is 2. The summed E-state index contributed by atoms with van der Waals surface area (Å²) < 4.78 is 0.608. The molecule has 0 unspecified atom stereocenters. The van der Waals surface area contributed by atoms with E-state index in [4.69, 9.17) is 35.4 Å². The van der Waals surface area contributed by atoms with Crippen LogP contribution in [0, 0.1) is 4.64 Å². The van der Waals surface area contributed by atoms with Crippen molar-refractivity contribution in [2.75, 3.05) is 0 Å². The molecule has 1 N–H and O–H groups in total. The molecule has 92 valence electrons. The van der Waals surface area contributed by atoms with Crippen molar-refractivity contribution >= 4 is 35.4 Å². The maximum Gasteiger partial charge on any atom is 0.130 e. The number of halogens is 2. The van der Waals surface area contributed by atoms with Crippen LogP contribution in [-0.2, 0) is 0 Å². The average Bonchev–Trinajstić information content (AvgIpc) is 3.16. The maximum atomic E-state index is 6.03. The van der Waals surface area contributed by atoms with E-state index in [2.05, 4.69) is 9.97 Å². The molecule has 0 radical (unpaired) electrons. The predicted molar refractivity (Wildman–Crippen MR) is 76.9 cm³/mol. The lowest BCUT2D eigenvalue weighted by molar-refractivity contribution is 0.924. The van der Waals surface area contributed by atoms with Crippen LogP contribution in [0.5, 0.6) is 0 Å². The summed E-state index contributed by atoms with van der Waals surface area (Å²) in [5, 5.41) is 1.09. The van der Waals surface area contributed by atoms with Gasteiger partial charge in [-0.3, -0.25) is 0 Å². The third kappa shape index (κ3) is 2.44. The first-order chi connectivity index (χ1) is 8.63. The fraction of sp³-hybridized carbons (Fsp3) is 0.231. The lowest BCUT2D eigenvalue weighted by atomic mass is 10.1. The van der Waals surface area contributed by atoms with Gasteiger partial charge in [0, 0.05) is 11.6 Å². The molecule has 1 aromatic carbocycles. The average molecular weight is 297 g/mol. The summed E-state index contributed by atoms with van der Waals surface area (Å²) in [5.41, 5.74) is 1.91. The van der Waals surface area contributed by atoms with Crippen molar-refractivity contribution in [3.8, 4) is 11.3 Å². The molecular weight excluding hydrogens is 287 g/mol. The molecule has 0 amide bonds. The third-order valence-electron chi connectivity index (χ3n) is 2.96. The van der Waals surface area contributed by atoms with E-state index in [1.165, 1.54) is 12.8 Å². The zero-order valence-electron chi connectivity index (χ0n) is 9.41. The number of nitrogens with zero attached hydrogens (tertiary/aromatic N) is 1. The van der Waals surface area contributed by atoms with Crippen molar-refractivity contribution in [1.82, 2.24) is 9.97 Å². The fourth-order valence-corrected chi connectivity index (χ4v) is 2.36. The molecule has 5 heteroatoms. The highest BCUT2D eigenvalue weighted by atomic mass is 35.5. The van der Waals surface area contributed by atoms with Gasteiger partial charge in [-0.1, -0.05) is 41.5 Å². The molecule has 1 heterocycles. The number of nitrogens with one attached hydrogen (secondary N) is 1. The summed E-state index contributed by atoms with van der Waals surface area (Å²) in [7, 11) is 0. The zero-order valence-corrected chi connectivity index (χ0v) is 11.7. The van der Waals surface area contributed by atoms with Gasteiger partial charge in [0.05, 0.1) is 10.0 Å². The normalized spacial score (nSPS) is 14.8. The van der Waals surface area contributed by atoms with Crippen molar-refractivity contribution in [3.05, 3.63) is 44.8 Å². The van der Waals surface area contributed by atoms with Crippen LogP contribution in [0.3, 0.4) is 0 Å². The summed E-state index contributed by atoms with van der Waals surface area (Å²) in [6.45, 7) is 0. The smallest absolute Gasteiger partial charge is 0.130 e. The van der Waals surface area contributed by atoms with Crippen molar-refractivity contribution < 1.29 is 0 Å². The maximum absolute atomic E-state index is 6.03. The first kappa shape index (κ1) is 12.2. The summed E-state index contributed by atoms with van der Waals surface area (Å²) >= 11 is 17.1. The van der Waals surface area contributed by atoms with Crippen LogP contribution >= 0.6 is 35.4 Å². The Morgan fingerprint density at radius 2 is 1.94 bits per heavy atom. The molecule has 3 rings (SSSR count). The van der Waals surface area contributed by atoms with Gasteiger partial charge in [-0.15, -0.1) is 0 Å². The zero-order chi connectivity index (χ0) is 12.7. The molecule has 1 aliphatic carbocycles. The van der Waals surface area contributed by atoms with Crippen LogP contribution in [0.2, 0.25) is 10.0 Å². The van der Waals surface area contributed by atoms with E-state index in [1.807, 2.05) is 18.2 Å². The Kier molecular flexibility index (Phi) is 3.14. The monoisotopic (exact) mass is 296 g/mol. The summed E-state index contributed by atoms with van der Waals surface area (Å²) in [4.78, 5) is 7.69. The Bertz CT molecular complexity index is 662. The van der Waals surface area contributed by atoms with Gasteiger partial charge in [0.1, 0.15) is 10.5 Å². The number of aromatic nitrogens is 2. The Balaban J connectivity index is 2.09. The molecule has 1 fully saturated rings. The van der Waals surface area contributed by atoms with E-state index >= 15 is 0 Å². The third-order valence-corrected chi connectivity index (χ3v) is 3.90. The van der Waals surface area contributed by atoms with Gasteiger partial charge >= 0.3 is 0 Å². The molecule has 1 aliphatic rings. The van der Waals surface area contributed by atoms with Gasteiger partial charge in [-0.25, -0.2) is 4.98 Å². The minimum atomic E-state index is 0.537. The van der Waals surface area contributed by atoms with E-state index < -0.39 is 0 Å². The number of hydrogen-bond donors (Lipinski definition) is 1. The highest BCUT2D eigenvalue weighted by molar-refractivity contribution is 7.71. The van der Waals surface area contributed by atoms with Crippen LogP contribution in [0.4, 0.5) is 0 Å². The number of H-pyrrole nitrogens is 1. The molecule has 18 heavy (non-hydrogen) atoms. The number of hydrogen-bond acceptors (Lipinski definition) is 2. The highest BCUT2D eigenvalue weighted by Crippen LogP contribution is 2.38. The topological polar surface area (TPSA) is 28.7 Å². The summed E-state index contributed by atoms with van der Waals surface area (Å²) in [6, 6.07) is 7.39. The SMILES string of the molecule is S=c1cc(-c2ccc(Cl)c(Cl)c2)[nH]c(C2CC2)n1. The van der Waals surface area contributed by atoms with Gasteiger partial charge in [0.25, 0.3) is 0 Å². The van der Waals surface area contributed by atoms with Crippen molar-refractivity contribution in [3.63, 3.8) is 0 Å². The molecule has 1 aromatic heterocycles. The fourth-order valence-electron chi connectivity index (χ4n) is 1.85. The van der Waals surface area contributed by atoms with Crippen LogP contribution in [-0.4, -0.2) is 9.97 Å². The van der Waals surface area contributed by atoms with E-state index in [0.29, 0.717) is 20.6 Å². The molecule has 0 saturated heterocycles. The first-order valence-electron chi connectivity index (χ1n) is 5.70. The molecular formula is C13H10Cl2N2S. The van der Waals surface area contributed by atoms with E-state index in [-0.39, 0.29) is 0 Å². The van der Waals surface area contributed by atoms with Gasteiger partial charge < -0.3 is 4.98 Å². The lowest BCUT2D eigenvalue weighted by Gasteiger charge is -2.06. The molecule has 0 bridgehead atoms. The Morgan fingerprint density at radius 3 is 2.61 bits per heavy atom. The summed E-state index contributed by atoms with van der Waals surface area (Å²) in [5.74, 6) is 1.51. The Labute approximate surface area is 120 Å². The molecule has 2 aromatic rings. The van der Waals surface area contributed by atoms with Crippen LogP contribution < -0.4 is 0 Å². The minimum absolute atomic E-state index is 0.537. The van der Waals surface area contributed by atoms with Crippen LogP contribution in [0.25, 0.3) is 11.3 Å². The lowest BCUT2D eigenvalue weighted by Crippen LogP contribution is -1.95. The minimum Gasteiger partial charge on any atom is -0.343 e. The van der Waals surface area contributed by atoms with Crippen LogP contribution in [0.15, 0.2) is 24.3 Å². The van der Waals surface area contributed by atoms with Crippen molar-refractivity contribution in [2.24, 2.45) is 0 Å². The largest absolute Gasteiger partial charge is 0.343 e. The standard InChI is InChI=1S/C13H10Cl2N2S/c14-9-4-3-8(5-10(9)15)11-6-12(18)17-13(16-11)7-1-2-7/h3-7H,1-2H2,(H,16,17,18). The van der Waals surface area contributed by atoms with Gasteiger partial charge in [0.15, 0.2) is 0 Å². The van der Waals surface area contributed by atoms with Crippen LogP contribution in [0.1, 0.15) is 24.6 Å². The highest BCUT2D eigenvalue weighted by Gasteiger charge is 2.26. The Hall–Kier alpha value is -0.900. The quantitative estimate of drug-likeness (QED) is 0.791. The van der Waals surface area contributed by atoms with Crippen molar-refractivity contribution in [2.45, 2.75) is 18.8 Å². The molecule has 1 saturated carbocycles. The second-order valence-corrected chi connectivity index (χ2v) is 5.65. The summed E-state index contributed by atoms with van der Waals surface area (Å²) in [6.07, 6.45) is 2.37. The Morgan fingerprint density at radius 1 is 1.17 bits per heavy atom. The number of aromatic amines is 1. The van der Waals surface area contributed by atoms with Crippen molar-refractivity contribution in [1.29, 1.82) is 0 Å². The number of benzene rings is 1. The first-order valence-corrected chi connectivity index (χ1v) is 6.86. The molecule has 0 spiro atoms. The molecule has 2 nitrogen and oxygen atoms in total. The van der Waals surface area contributed by atoms with E-state index in [1.54, 1.807) is 6.07 Å². The van der Waals surface area contributed by atoms with Gasteiger partial charge in [-0.2, -0.15) is 0 Å². The molecule has 0 aliphatic heterocycles. The van der Waals surface area contributed by atoms with Gasteiger partial charge in [0.2, 0.25) is 0 Å². The second-order valence-electron chi connectivity index (χ2n) is 4.42.